The lowest BCUT2D eigenvalue weighted by molar-refractivity contribution is 0.134. The highest BCUT2D eigenvalue weighted by Crippen LogP contribution is 2.25. The molecular weight excluding hydrogens is 359 g/mol. The van der Waals surface area contributed by atoms with E-state index in [2.05, 4.69) is 64.2 Å². The van der Waals surface area contributed by atoms with Gasteiger partial charge in [0.25, 0.3) is 0 Å². The Morgan fingerprint density at radius 2 is 2.17 bits per heavy atom. The molecule has 18 heavy (non-hydrogen) atoms. The number of ether oxygens (including phenoxy) is 1. The molecule has 0 fully saturated rings. The van der Waals surface area contributed by atoms with Gasteiger partial charge in [0.1, 0.15) is 0 Å². The third kappa shape index (κ3) is 2.62. The number of methoxy groups -OCH3 is 1. The average Bonchev–Trinajstić information content (AvgIpc) is 2.61. The molecule has 98 valence electrons. The Balaban J connectivity index is 2.61. The molecule has 1 aromatic carbocycles. The second-order valence-electron chi connectivity index (χ2n) is 4.73. The molecule has 1 atom stereocenters. The summed E-state index contributed by atoms with van der Waals surface area (Å²) in [6.45, 7) is 5.05. The quantitative estimate of drug-likeness (QED) is 0.642. The fourth-order valence-electron chi connectivity index (χ4n) is 2.17. The van der Waals surface area contributed by atoms with Gasteiger partial charge in [-0.1, -0.05) is 13.8 Å². The zero-order valence-corrected chi connectivity index (χ0v) is 13.7. The van der Waals surface area contributed by atoms with Crippen molar-refractivity contribution in [1.29, 1.82) is 0 Å². The highest BCUT2D eigenvalue weighted by molar-refractivity contribution is 14.1. The smallest absolute Gasteiger partial charge is 0.178 e. The zero-order valence-electron chi connectivity index (χ0n) is 10.7. The van der Waals surface area contributed by atoms with Gasteiger partial charge in [-0.25, -0.2) is 0 Å². The topological polar surface area (TPSA) is 29.9 Å². The third-order valence-electron chi connectivity index (χ3n) is 3.12. The Hall–Kier alpha value is -0.400. The van der Waals surface area contributed by atoms with E-state index in [9.17, 15) is 0 Å². The van der Waals surface area contributed by atoms with Crippen molar-refractivity contribution in [1.82, 2.24) is 9.55 Å². The Bertz CT molecular complexity index is 603. The first-order valence-electron chi connectivity index (χ1n) is 5.93. The molecule has 0 aliphatic carbocycles. The lowest BCUT2D eigenvalue weighted by Gasteiger charge is -2.22. The maximum Gasteiger partial charge on any atom is 0.178 e. The van der Waals surface area contributed by atoms with Gasteiger partial charge in [0, 0.05) is 10.7 Å². The third-order valence-corrected chi connectivity index (χ3v) is 4.09. The molecule has 0 radical (unpaired) electrons. The zero-order chi connectivity index (χ0) is 13.3. The molecule has 0 saturated heterocycles. The number of hydrogen-bond acceptors (Lipinski definition) is 2. The van der Waals surface area contributed by atoms with Crippen LogP contribution < -0.4 is 0 Å². The van der Waals surface area contributed by atoms with Crippen LogP contribution in [0.4, 0.5) is 0 Å². The predicted molar refractivity (Wildman–Crippen MR) is 85.6 cm³/mol. The van der Waals surface area contributed by atoms with Gasteiger partial charge in [-0.15, -0.1) is 0 Å². The van der Waals surface area contributed by atoms with Crippen molar-refractivity contribution in [2.75, 3.05) is 13.7 Å². The SMILES string of the molecule is COCC(C(C)C)n1c(=S)[nH]c2cc(I)ccc21. The highest BCUT2D eigenvalue weighted by atomic mass is 127. The Morgan fingerprint density at radius 3 is 2.78 bits per heavy atom. The average molecular weight is 376 g/mol. The summed E-state index contributed by atoms with van der Waals surface area (Å²) in [6.07, 6.45) is 0. The second-order valence-corrected chi connectivity index (χ2v) is 6.36. The molecule has 2 rings (SSSR count). The molecule has 0 amide bonds. The van der Waals surface area contributed by atoms with Crippen LogP contribution in [-0.4, -0.2) is 23.3 Å². The number of fused-ring (bicyclic) bond motifs is 1. The molecule has 1 unspecified atom stereocenters. The monoisotopic (exact) mass is 376 g/mol. The molecule has 1 aromatic heterocycles. The van der Waals surface area contributed by atoms with Crippen molar-refractivity contribution < 1.29 is 4.74 Å². The number of benzene rings is 1. The van der Waals surface area contributed by atoms with Crippen LogP contribution in [0.3, 0.4) is 0 Å². The number of aromatic nitrogens is 2. The molecule has 0 saturated carbocycles. The minimum absolute atomic E-state index is 0.260. The van der Waals surface area contributed by atoms with E-state index in [1.165, 1.54) is 3.57 Å². The summed E-state index contributed by atoms with van der Waals surface area (Å²) < 4.78 is 9.48. The van der Waals surface area contributed by atoms with Crippen LogP contribution in [0.15, 0.2) is 18.2 Å². The maximum atomic E-state index is 5.46. The van der Waals surface area contributed by atoms with Crippen LogP contribution in [-0.2, 0) is 4.74 Å². The Kier molecular flexibility index (Phi) is 4.45. The molecule has 0 spiro atoms. The largest absolute Gasteiger partial charge is 0.383 e. The minimum Gasteiger partial charge on any atom is -0.383 e. The van der Waals surface area contributed by atoms with Crippen molar-refractivity contribution in [2.45, 2.75) is 19.9 Å². The van der Waals surface area contributed by atoms with Gasteiger partial charge < -0.3 is 14.3 Å². The molecule has 1 N–H and O–H groups in total. The highest BCUT2D eigenvalue weighted by Gasteiger charge is 2.19. The lowest BCUT2D eigenvalue weighted by atomic mass is 10.1. The summed E-state index contributed by atoms with van der Waals surface area (Å²) in [5.41, 5.74) is 2.24. The number of aromatic amines is 1. The number of rotatable bonds is 4. The number of hydrogen-bond donors (Lipinski definition) is 1. The molecule has 1 heterocycles. The number of imidazole rings is 1. The molecule has 5 heteroatoms. The summed E-state index contributed by atoms with van der Waals surface area (Å²) in [7, 11) is 1.73. The van der Waals surface area contributed by atoms with Gasteiger partial charge in [0.2, 0.25) is 0 Å². The van der Waals surface area contributed by atoms with Crippen molar-refractivity contribution in [3.8, 4) is 0 Å². The first-order chi connectivity index (χ1) is 8.54. The van der Waals surface area contributed by atoms with Crippen LogP contribution in [0.5, 0.6) is 0 Å². The van der Waals surface area contributed by atoms with E-state index >= 15 is 0 Å². The van der Waals surface area contributed by atoms with Crippen molar-refractivity contribution in [3.63, 3.8) is 0 Å². The number of nitrogens with one attached hydrogen (secondary N) is 1. The van der Waals surface area contributed by atoms with Gasteiger partial charge in [-0.3, -0.25) is 0 Å². The standard InChI is InChI=1S/C13H17IN2OS/c1-8(2)12(7-17-3)16-11-5-4-9(14)6-10(11)15-13(16)18/h4-6,8,12H,7H2,1-3H3,(H,15,18). The van der Waals surface area contributed by atoms with Crippen molar-refractivity contribution in [3.05, 3.63) is 26.5 Å². The summed E-state index contributed by atoms with van der Waals surface area (Å²) in [6, 6.07) is 6.60. The predicted octanol–water partition coefficient (Wildman–Crippen LogP) is 4.15. The number of nitrogens with zero attached hydrogens (tertiary/aromatic N) is 1. The molecule has 0 aliphatic rings. The van der Waals surface area contributed by atoms with E-state index in [1.54, 1.807) is 7.11 Å². The molecule has 3 nitrogen and oxygen atoms in total. The van der Waals surface area contributed by atoms with E-state index < -0.39 is 0 Å². The summed E-state index contributed by atoms with van der Waals surface area (Å²) in [5.74, 6) is 0.468. The fourth-order valence-corrected chi connectivity index (χ4v) is 3.00. The van der Waals surface area contributed by atoms with Crippen molar-refractivity contribution in [2.24, 2.45) is 5.92 Å². The van der Waals surface area contributed by atoms with E-state index in [-0.39, 0.29) is 6.04 Å². The lowest BCUT2D eigenvalue weighted by Crippen LogP contribution is -2.20. The van der Waals surface area contributed by atoms with E-state index in [0.29, 0.717) is 12.5 Å². The molecule has 0 bridgehead atoms. The van der Waals surface area contributed by atoms with Gasteiger partial charge in [-0.05, 0) is 58.9 Å². The minimum atomic E-state index is 0.260. The van der Waals surface area contributed by atoms with Gasteiger partial charge in [0.15, 0.2) is 4.77 Å². The fraction of sp³-hybridized carbons (Fsp3) is 0.462. The first kappa shape index (κ1) is 14.0. The molecule has 0 aliphatic heterocycles. The normalized spacial score (nSPS) is 13.4. The number of halogens is 1. The summed E-state index contributed by atoms with van der Waals surface area (Å²) >= 11 is 7.76. The van der Waals surface area contributed by atoms with Crippen LogP contribution in [0.2, 0.25) is 0 Å². The van der Waals surface area contributed by atoms with E-state index in [1.807, 2.05) is 0 Å². The van der Waals surface area contributed by atoms with E-state index in [0.717, 1.165) is 15.8 Å². The Morgan fingerprint density at radius 1 is 1.44 bits per heavy atom. The summed E-state index contributed by atoms with van der Waals surface area (Å²) in [4.78, 5) is 3.28. The first-order valence-corrected chi connectivity index (χ1v) is 7.42. The van der Waals surface area contributed by atoms with Crippen LogP contribution >= 0.6 is 34.8 Å². The second kappa shape index (κ2) is 5.71. The Labute approximate surface area is 126 Å². The van der Waals surface area contributed by atoms with Crippen molar-refractivity contribution >= 4 is 45.8 Å². The van der Waals surface area contributed by atoms with Crippen LogP contribution in [0, 0.1) is 14.3 Å². The van der Waals surface area contributed by atoms with Gasteiger partial charge in [0.05, 0.1) is 23.7 Å². The van der Waals surface area contributed by atoms with Crippen LogP contribution in [0.1, 0.15) is 19.9 Å². The van der Waals surface area contributed by atoms with Gasteiger partial charge >= 0.3 is 0 Å². The van der Waals surface area contributed by atoms with Gasteiger partial charge in [-0.2, -0.15) is 0 Å². The van der Waals surface area contributed by atoms with E-state index in [4.69, 9.17) is 17.0 Å². The molecular formula is C13H17IN2OS. The maximum absolute atomic E-state index is 5.46. The van der Waals surface area contributed by atoms with Crippen LogP contribution in [0.25, 0.3) is 11.0 Å². The summed E-state index contributed by atoms with van der Waals surface area (Å²) in [5, 5.41) is 0. The number of H-pyrrole nitrogens is 1. The molecule has 2 aromatic rings.